The van der Waals surface area contributed by atoms with Gasteiger partial charge in [-0.3, -0.25) is 4.79 Å². The van der Waals surface area contributed by atoms with Gasteiger partial charge in [-0.15, -0.1) is 11.3 Å². The molecule has 0 bridgehead atoms. The van der Waals surface area contributed by atoms with E-state index in [1.54, 1.807) is 36.4 Å². The fourth-order valence-electron chi connectivity index (χ4n) is 3.53. The largest absolute Gasteiger partial charge is 0.508 e. The number of phenolic OH excluding ortho intramolecular Hbond substituents is 3. The van der Waals surface area contributed by atoms with Crippen LogP contribution in [0.5, 0.6) is 17.2 Å². The molecule has 0 spiro atoms. The number of benzene rings is 3. The number of carbonyl (C=O) groups is 2. The zero-order chi connectivity index (χ0) is 22.8. The zero-order valence-corrected chi connectivity index (χ0v) is 17.5. The average Bonchev–Trinajstić information content (AvgIpc) is 3.24. The molecule has 0 radical (unpaired) electrons. The quantitative estimate of drug-likeness (QED) is 0.298. The highest BCUT2D eigenvalue weighted by atomic mass is 32.1. The molecule has 0 aliphatic carbocycles. The van der Waals surface area contributed by atoms with E-state index in [0.717, 1.165) is 39.5 Å². The zero-order valence-electron chi connectivity index (χ0n) is 16.6. The van der Waals surface area contributed by atoms with Crippen molar-refractivity contribution in [1.29, 1.82) is 0 Å². The number of hydrogen-bond donors (Lipinski definition) is 4. The molecule has 4 aromatic rings. The molecular formula is C25H18O6S. The number of thiophene rings is 1. The highest BCUT2D eigenvalue weighted by Crippen LogP contribution is 2.40. The second-order valence-corrected chi connectivity index (χ2v) is 8.25. The van der Waals surface area contributed by atoms with Crippen molar-refractivity contribution in [2.24, 2.45) is 0 Å². The van der Waals surface area contributed by atoms with Crippen LogP contribution in [0.1, 0.15) is 25.6 Å². The van der Waals surface area contributed by atoms with Crippen LogP contribution >= 0.6 is 11.3 Å². The minimum Gasteiger partial charge on any atom is -0.508 e. The SMILES string of the molecule is O=C(Cc1ccccc1-c1ccc(C(=O)O)s1)c1cccc(-c2c(O)cc(O)cc2O)c1. The third kappa shape index (κ3) is 4.19. The Kier molecular flexibility index (Phi) is 5.66. The Morgan fingerprint density at radius 3 is 2.22 bits per heavy atom. The number of aromatic hydroxyl groups is 3. The van der Waals surface area contributed by atoms with Crippen molar-refractivity contribution in [3.8, 4) is 38.8 Å². The molecule has 1 aromatic heterocycles. The molecule has 32 heavy (non-hydrogen) atoms. The molecule has 0 saturated carbocycles. The standard InChI is InChI=1S/C25H18O6S/c26-17-12-20(28)24(21(29)13-17)16-6-3-5-15(10-16)19(27)11-14-4-1-2-7-18(14)22-8-9-23(32-22)25(30)31/h1-10,12-13,26,28-29H,11H2,(H,30,31). The van der Waals surface area contributed by atoms with E-state index in [0.29, 0.717) is 11.1 Å². The third-order valence-electron chi connectivity index (χ3n) is 5.01. The first-order valence-electron chi connectivity index (χ1n) is 9.63. The van der Waals surface area contributed by atoms with Gasteiger partial charge in [-0.2, -0.15) is 0 Å². The Balaban J connectivity index is 1.65. The number of phenols is 3. The van der Waals surface area contributed by atoms with Gasteiger partial charge in [0.15, 0.2) is 5.78 Å². The lowest BCUT2D eigenvalue weighted by atomic mass is 9.95. The fraction of sp³-hybridized carbons (Fsp3) is 0.0400. The van der Waals surface area contributed by atoms with Gasteiger partial charge < -0.3 is 20.4 Å². The van der Waals surface area contributed by atoms with Crippen LogP contribution in [-0.2, 0) is 6.42 Å². The molecule has 160 valence electrons. The van der Waals surface area contributed by atoms with Crippen LogP contribution < -0.4 is 0 Å². The Morgan fingerprint density at radius 1 is 0.812 bits per heavy atom. The minimum absolute atomic E-state index is 0.0907. The summed E-state index contributed by atoms with van der Waals surface area (Å²) in [7, 11) is 0. The molecule has 0 unspecified atom stereocenters. The van der Waals surface area contributed by atoms with Crippen LogP contribution in [0.25, 0.3) is 21.6 Å². The number of carbonyl (C=O) groups excluding carboxylic acids is 1. The second-order valence-electron chi connectivity index (χ2n) is 7.17. The number of rotatable bonds is 6. The summed E-state index contributed by atoms with van der Waals surface area (Å²) in [5, 5.41) is 39.0. The first-order valence-corrected chi connectivity index (χ1v) is 10.4. The summed E-state index contributed by atoms with van der Waals surface area (Å²) in [4.78, 5) is 25.3. The van der Waals surface area contributed by atoms with E-state index in [1.807, 2.05) is 24.3 Å². The molecule has 3 aromatic carbocycles. The topological polar surface area (TPSA) is 115 Å². The van der Waals surface area contributed by atoms with Crippen LogP contribution in [0.15, 0.2) is 72.8 Å². The summed E-state index contributed by atoms with van der Waals surface area (Å²) in [5.41, 5.74) is 2.50. The maximum absolute atomic E-state index is 13.1. The average molecular weight is 446 g/mol. The maximum atomic E-state index is 13.1. The lowest BCUT2D eigenvalue weighted by Gasteiger charge is -2.11. The predicted molar refractivity (Wildman–Crippen MR) is 122 cm³/mol. The number of aromatic carboxylic acids is 1. The molecule has 4 N–H and O–H groups in total. The van der Waals surface area contributed by atoms with E-state index in [2.05, 4.69) is 0 Å². The molecule has 4 rings (SSSR count). The van der Waals surface area contributed by atoms with Crippen LogP contribution in [0.3, 0.4) is 0 Å². The molecule has 0 atom stereocenters. The molecule has 0 aliphatic heterocycles. The third-order valence-corrected chi connectivity index (χ3v) is 6.11. The van der Waals surface area contributed by atoms with E-state index in [-0.39, 0.29) is 39.9 Å². The van der Waals surface area contributed by atoms with Crippen molar-refractivity contribution < 1.29 is 30.0 Å². The molecular weight excluding hydrogens is 428 g/mol. The summed E-state index contributed by atoms with van der Waals surface area (Å²) in [6, 6.07) is 19.4. The van der Waals surface area contributed by atoms with Gasteiger partial charge in [0, 0.05) is 29.0 Å². The van der Waals surface area contributed by atoms with E-state index < -0.39 is 5.97 Å². The number of ketones is 1. The van der Waals surface area contributed by atoms with Crippen molar-refractivity contribution in [3.63, 3.8) is 0 Å². The van der Waals surface area contributed by atoms with Crippen LogP contribution in [0.4, 0.5) is 0 Å². The smallest absolute Gasteiger partial charge is 0.345 e. The second kappa shape index (κ2) is 8.56. The number of hydrogen-bond acceptors (Lipinski definition) is 6. The van der Waals surface area contributed by atoms with Gasteiger partial charge in [0.1, 0.15) is 22.1 Å². The maximum Gasteiger partial charge on any atom is 0.345 e. The Morgan fingerprint density at radius 2 is 1.53 bits per heavy atom. The van der Waals surface area contributed by atoms with E-state index in [4.69, 9.17) is 0 Å². The monoisotopic (exact) mass is 446 g/mol. The van der Waals surface area contributed by atoms with Gasteiger partial charge in [-0.1, -0.05) is 42.5 Å². The summed E-state index contributed by atoms with van der Waals surface area (Å²) in [6.07, 6.45) is 0.0907. The van der Waals surface area contributed by atoms with Crippen LogP contribution in [0, 0.1) is 0 Å². The van der Waals surface area contributed by atoms with Gasteiger partial charge in [0.25, 0.3) is 0 Å². The molecule has 0 fully saturated rings. The van der Waals surface area contributed by atoms with Crippen molar-refractivity contribution in [3.05, 3.63) is 88.8 Å². The van der Waals surface area contributed by atoms with E-state index >= 15 is 0 Å². The first kappa shape index (κ1) is 21.1. The molecule has 7 heteroatoms. The van der Waals surface area contributed by atoms with Gasteiger partial charge in [-0.05, 0) is 34.9 Å². The van der Waals surface area contributed by atoms with Gasteiger partial charge >= 0.3 is 5.97 Å². The van der Waals surface area contributed by atoms with Crippen molar-refractivity contribution >= 4 is 23.1 Å². The Bertz CT molecular complexity index is 1310. The van der Waals surface area contributed by atoms with Gasteiger partial charge in [0.2, 0.25) is 0 Å². The lowest BCUT2D eigenvalue weighted by Crippen LogP contribution is -2.04. The molecule has 1 heterocycles. The van der Waals surface area contributed by atoms with Crippen molar-refractivity contribution in [2.75, 3.05) is 0 Å². The highest BCUT2D eigenvalue weighted by molar-refractivity contribution is 7.17. The summed E-state index contributed by atoms with van der Waals surface area (Å²) in [6.45, 7) is 0. The molecule has 0 aliphatic rings. The number of carboxylic acid groups (broad SMARTS) is 1. The van der Waals surface area contributed by atoms with Crippen LogP contribution in [0.2, 0.25) is 0 Å². The van der Waals surface area contributed by atoms with Crippen molar-refractivity contribution in [1.82, 2.24) is 0 Å². The van der Waals surface area contributed by atoms with E-state index in [1.165, 1.54) is 0 Å². The summed E-state index contributed by atoms with van der Waals surface area (Å²) in [5.74, 6) is -2.04. The van der Waals surface area contributed by atoms with Crippen molar-refractivity contribution in [2.45, 2.75) is 6.42 Å². The van der Waals surface area contributed by atoms with Crippen LogP contribution in [-0.4, -0.2) is 32.2 Å². The van der Waals surface area contributed by atoms with Gasteiger partial charge in [0.05, 0.1) is 5.56 Å². The molecule has 0 saturated heterocycles. The normalized spacial score (nSPS) is 10.8. The summed E-state index contributed by atoms with van der Waals surface area (Å²) >= 11 is 1.15. The number of Topliss-reactive ketones (excluding diaryl/α,β-unsaturated/α-hetero) is 1. The summed E-state index contributed by atoms with van der Waals surface area (Å²) < 4.78 is 0. The first-order chi connectivity index (χ1) is 15.3. The van der Waals surface area contributed by atoms with E-state index in [9.17, 15) is 30.0 Å². The lowest BCUT2D eigenvalue weighted by molar-refractivity contribution is 0.0702. The molecule has 6 nitrogen and oxygen atoms in total. The fourth-order valence-corrected chi connectivity index (χ4v) is 4.43. The minimum atomic E-state index is -0.993. The predicted octanol–water partition coefficient (Wildman–Crippen LogP) is 5.32. The Hall–Kier alpha value is -4.10. The Labute approximate surface area is 187 Å². The van der Waals surface area contributed by atoms with Gasteiger partial charge in [-0.25, -0.2) is 4.79 Å². The highest BCUT2D eigenvalue weighted by Gasteiger charge is 2.17. The number of carboxylic acids is 1. The molecule has 0 amide bonds.